The average molecular weight is 382 g/mol. The molecule has 2 amide bonds. The number of nitrogens with zero attached hydrogens (tertiary/aromatic N) is 1. The molecule has 1 aromatic rings. The van der Waals surface area contributed by atoms with Crippen LogP contribution < -0.4 is 5.32 Å². The molecule has 1 aliphatic rings. The molecule has 1 heterocycles. The first-order valence-corrected chi connectivity index (χ1v) is 8.69. The maximum atomic E-state index is 14.1. The van der Waals surface area contributed by atoms with Gasteiger partial charge in [-0.15, -0.1) is 0 Å². The van der Waals surface area contributed by atoms with Crippen LogP contribution in [0, 0.1) is 5.82 Å². The van der Waals surface area contributed by atoms with Gasteiger partial charge in [0.15, 0.2) is 5.60 Å². The maximum absolute atomic E-state index is 14.1. The number of likely N-dealkylation sites (tertiary alicyclic amines) is 1. The Morgan fingerprint density at radius 2 is 1.85 bits per heavy atom. The minimum Gasteiger partial charge on any atom is -0.444 e. The first-order valence-electron chi connectivity index (χ1n) is 8.69. The Balaban J connectivity index is 1.95. The van der Waals surface area contributed by atoms with E-state index in [1.54, 1.807) is 26.8 Å². The van der Waals surface area contributed by atoms with E-state index in [2.05, 4.69) is 5.32 Å². The van der Waals surface area contributed by atoms with Crippen molar-refractivity contribution in [1.29, 1.82) is 0 Å². The fourth-order valence-corrected chi connectivity index (χ4v) is 2.82. The second-order valence-corrected chi connectivity index (χ2v) is 7.96. The fraction of sp³-hybridized carbons (Fsp3) is 0.579. The van der Waals surface area contributed by atoms with Crippen molar-refractivity contribution in [1.82, 2.24) is 10.2 Å². The third-order valence-corrected chi connectivity index (χ3v) is 4.43. The highest BCUT2D eigenvalue weighted by atomic mass is 19.1. The van der Waals surface area contributed by atoms with Crippen LogP contribution in [0.1, 0.15) is 33.3 Å². The molecule has 0 bridgehead atoms. The van der Waals surface area contributed by atoms with E-state index >= 15 is 0 Å². The molecule has 0 aromatic heterocycles. The van der Waals surface area contributed by atoms with Gasteiger partial charge in [-0.2, -0.15) is 0 Å². The molecule has 8 heteroatoms. The van der Waals surface area contributed by atoms with Crippen LogP contribution in [0.5, 0.6) is 0 Å². The quantitative estimate of drug-likeness (QED) is 0.811. The molecule has 150 valence electrons. The van der Waals surface area contributed by atoms with Gasteiger partial charge in [-0.1, -0.05) is 18.2 Å². The number of hydrogen-bond donors (Lipinski definition) is 2. The number of halogens is 1. The average Bonchev–Trinajstić information content (AvgIpc) is 2.55. The van der Waals surface area contributed by atoms with Gasteiger partial charge >= 0.3 is 6.09 Å². The van der Waals surface area contributed by atoms with Crippen molar-refractivity contribution in [3.05, 3.63) is 35.6 Å². The minimum atomic E-state index is -1.55. The van der Waals surface area contributed by atoms with Crippen LogP contribution in [-0.2, 0) is 19.9 Å². The van der Waals surface area contributed by atoms with E-state index in [-0.39, 0.29) is 25.2 Å². The molecule has 0 unspecified atom stereocenters. The lowest BCUT2D eigenvalue weighted by atomic mass is 9.91. The molecule has 0 radical (unpaired) electrons. The van der Waals surface area contributed by atoms with Crippen LogP contribution in [-0.4, -0.2) is 60.0 Å². The molecule has 2 N–H and O–H groups in total. The van der Waals surface area contributed by atoms with E-state index in [9.17, 15) is 19.1 Å². The summed E-state index contributed by atoms with van der Waals surface area (Å²) >= 11 is 0. The maximum Gasteiger partial charge on any atom is 0.410 e. The SMILES string of the molecule is CO[C@@](C)(C(=O)NCC1(O)CN(C(=O)OC(C)(C)C)C1)c1ccccc1F. The summed E-state index contributed by atoms with van der Waals surface area (Å²) in [5, 5.41) is 13.1. The number of methoxy groups -OCH3 is 1. The molecule has 2 rings (SSSR count). The first kappa shape index (κ1) is 21.1. The molecule has 0 aliphatic carbocycles. The Kier molecular flexibility index (Phi) is 5.82. The van der Waals surface area contributed by atoms with Crippen molar-refractivity contribution >= 4 is 12.0 Å². The minimum absolute atomic E-state index is 0.0333. The van der Waals surface area contributed by atoms with Gasteiger partial charge in [0.25, 0.3) is 5.91 Å². The number of carbonyl (C=O) groups excluding carboxylic acids is 2. The second-order valence-electron chi connectivity index (χ2n) is 7.96. The zero-order chi connectivity index (χ0) is 20.5. The molecule has 27 heavy (non-hydrogen) atoms. The lowest BCUT2D eigenvalue weighted by Gasteiger charge is -2.46. The summed E-state index contributed by atoms with van der Waals surface area (Å²) in [5.41, 5.74) is -3.34. The van der Waals surface area contributed by atoms with Crippen LogP contribution >= 0.6 is 0 Å². The largest absolute Gasteiger partial charge is 0.444 e. The molecule has 1 atom stereocenters. The molecular formula is C19H27FN2O5. The third-order valence-electron chi connectivity index (χ3n) is 4.43. The van der Waals surface area contributed by atoms with Crippen molar-refractivity contribution in [2.75, 3.05) is 26.7 Å². The van der Waals surface area contributed by atoms with Crippen LogP contribution in [0.2, 0.25) is 0 Å². The highest BCUT2D eigenvalue weighted by Gasteiger charge is 2.46. The number of β-amino-alcohol motifs (C(OH)–C–C–N with tert-alkyl or cyclic N) is 1. The van der Waals surface area contributed by atoms with Crippen molar-refractivity contribution in [3.8, 4) is 0 Å². The molecule has 0 saturated carbocycles. The van der Waals surface area contributed by atoms with E-state index < -0.39 is 34.6 Å². The van der Waals surface area contributed by atoms with E-state index in [0.717, 1.165) is 0 Å². The van der Waals surface area contributed by atoms with Crippen molar-refractivity contribution < 1.29 is 28.6 Å². The number of ether oxygens (including phenoxy) is 2. The van der Waals surface area contributed by atoms with Gasteiger partial charge in [-0.25, -0.2) is 9.18 Å². The van der Waals surface area contributed by atoms with Crippen molar-refractivity contribution in [2.24, 2.45) is 0 Å². The summed E-state index contributed by atoms with van der Waals surface area (Å²) in [4.78, 5) is 25.9. The summed E-state index contributed by atoms with van der Waals surface area (Å²) < 4.78 is 24.6. The monoisotopic (exact) mass is 382 g/mol. The van der Waals surface area contributed by atoms with Crippen LogP contribution in [0.3, 0.4) is 0 Å². The van der Waals surface area contributed by atoms with Gasteiger partial charge in [-0.05, 0) is 33.8 Å². The normalized spacial score (nSPS) is 18.3. The van der Waals surface area contributed by atoms with Gasteiger partial charge in [0.2, 0.25) is 0 Å². The van der Waals surface area contributed by atoms with Crippen molar-refractivity contribution in [2.45, 2.75) is 44.5 Å². The Morgan fingerprint density at radius 3 is 2.37 bits per heavy atom. The number of rotatable bonds is 5. The zero-order valence-electron chi connectivity index (χ0n) is 16.3. The van der Waals surface area contributed by atoms with E-state index in [1.807, 2.05) is 0 Å². The molecule has 1 aromatic carbocycles. The predicted octanol–water partition coefficient (Wildman–Crippen LogP) is 1.79. The molecule has 1 saturated heterocycles. The summed E-state index contributed by atoms with van der Waals surface area (Å²) in [7, 11) is 1.31. The van der Waals surface area contributed by atoms with Crippen LogP contribution in [0.4, 0.5) is 9.18 Å². The third kappa shape index (κ3) is 4.75. The highest BCUT2D eigenvalue weighted by molar-refractivity contribution is 5.86. The Morgan fingerprint density at radius 1 is 1.26 bits per heavy atom. The van der Waals surface area contributed by atoms with Gasteiger partial charge in [-0.3, -0.25) is 4.79 Å². The molecule has 1 fully saturated rings. The summed E-state index contributed by atoms with van der Waals surface area (Å²) in [6.07, 6.45) is -0.522. The smallest absolute Gasteiger partial charge is 0.410 e. The standard InChI is InChI=1S/C19H27FN2O5/c1-17(2,3)27-16(24)22-11-19(25,12-22)10-21-15(23)18(4,26-5)13-8-6-7-9-14(13)20/h6-9,25H,10-12H2,1-5H3,(H,21,23)/t18-/m1/s1. The van der Waals surface area contributed by atoms with Crippen molar-refractivity contribution in [3.63, 3.8) is 0 Å². The molecule has 1 aliphatic heterocycles. The fourth-order valence-electron chi connectivity index (χ4n) is 2.82. The second kappa shape index (κ2) is 7.44. The Hall–Kier alpha value is -2.19. The van der Waals surface area contributed by atoms with Gasteiger partial charge in [0.05, 0.1) is 13.1 Å². The summed E-state index contributed by atoms with van der Waals surface area (Å²) in [6.45, 7) is 6.69. The molecular weight excluding hydrogens is 355 g/mol. The number of hydrogen-bond acceptors (Lipinski definition) is 5. The van der Waals surface area contributed by atoms with E-state index in [0.29, 0.717) is 0 Å². The topological polar surface area (TPSA) is 88.1 Å². The van der Waals surface area contributed by atoms with Gasteiger partial charge < -0.3 is 24.8 Å². The number of benzene rings is 1. The van der Waals surface area contributed by atoms with E-state index in [1.165, 1.54) is 37.1 Å². The summed E-state index contributed by atoms with van der Waals surface area (Å²) in [5.74, 6) is -1.14. The Bertz CT molecular complexity index is 712. The first-order chi connectivity index (χ1) is 12.4. The number of nitrogens with one attached hydrogen (secondary N) is 1. The van der Waals surface area contributed by atoms with Crippen LogP contribution in [0.25, 0.3) is 0 Å². The predicted molar refractivity (Wildman–Crippen MR) is 96.5 cm³/mol. The lowest BCUT2D eigenvalue weighted by Crippen LogP contribution is -2.68. The Labute approximate surface area is 158 Å². The zero-order valence-corrected chi connectivity index (χ0v) is 16.3. The number of amides is 2. The number of aliphatic hydroxyl groups is 1. The summed E-state index contributed by atoms with van der Waals surface area (Å²) in [6, 6.07) is 5.86. The highest BCUT2D eigenvalue weighted by Crippen LogP contribution is 2.28. The number of carbonyl (C=O) groups is 2. The molecule has 7 nitrogen and oxygen atoms in total. The van der Waals surface area contributed by atoms with Gasteiger partial charge in [0.1, 0.15) is 17.0 Å². The van der Waals surface area contributed by atoms with Crippen LogP contribution in [0.15, 0.2) is 24.3 Å². The van der Waals surface area contributed by atoms with Gasteiger partial charge in [0, 0.05) is 19.2 Å². The molecule has 0 spiro atoms. The lowest BCUT2D eigenvalue weighted by molar-refractivity contribution is -0.146. The van der Waals surface area contributed by atoms with E-state index in [4.69, 9.17) is 9.47 Å².